The van der Waals surface area contributed by atoms with Gasteiger partial charge in [0.25, 0.3) is 5.91 Å². The van der Waals surface area contributed by atoms with E-state index < -0.39 is 0 Å². The van der Waals surface area contributed by atoms with Crippen LogP contribution in [0.2, 0.25) is 0 Å². The van der Waals surface area contributed by atoms with E-state index in [1.54, 1.807) is 30.5 Å². The van der Waals surface area contributed by atoms with Crippen LogP contribution in [0, 0.1) is 5.82 Å². The maximum atomic E-state index is 12.8. The van der Waals surface area contributed by atoms with Crippen LogP contribution in [0.25, 0.3) is 0 Å². The predicted molar refractivity (Wildman–Crippen MR) is 82.9 cm³/mol. The highest BCUT2D eigenvalue weighted by molar-refractivity contribution is 6.03. The van der Waals surface area contributed by atoms with Gasteiger partial charge in [-0.3, -0.25) is 9.78 Å². The number of amides is 1. The number of hydrogen-bond donors (Lipinski definition) is 1. The van der Waals surface area contributed by atoms with Gasteiger partial charge in [-0.05, 0) is 42.5 Å². The van der Waals surface area contributed by atoms with Crippen molar-refractivity contribution in [1.29, 1.82) is 0 Å². The Hall–Kier alpha value is -3.28. The fourth-order valence-electron chi connectivity index (χ4n) is 1.84. The second kappa shape index (κ2) is 6.65. The molecule has 2 heterocycles. The number of halogens is 1. The predicted octanol–water partition coefficient (Wildman–Crippen LogP) is 3.66. The first-order chi connectivity index (χ1) is 11.2. The van der Waals surface area contributed by atoms with Crippen LogP contribution in [-0.2, 0) is 0 Å². The van der Waals surface area contributed by atoms with Gasteiger partial charge in [0.15, 0.2) is 0 Å². The lowest BCUT2D eigenvalue weighted by Crippen LogP contribution is -2.12. The zero-order chi connectivity index (χ0) is 16.1. The number of nitrogens with zero attached hydrogens (tertiary/aromatic N) is 2. The molecule has 114 valence electrons. The number of carbonyl (C=O) groups is 1. The fraction of sp³-hybridized carbons (Fsp3) is 0. The summed E-state index contributed by atoms with van der Waals surface area (Å²) in [6.07, 6.45) is 4.56. The van der Waals surface area contributed by atoms with Gasteiger partial charge in [-0.15, -0.1) is 0 Å². The summed E-state index contributed by atoms with van der Waals surface area (Å²) < 4.78 is 18.3. The molecule has 0 bridgehead atoms. The largest absolute Gasteiger partial charge is 0.439 e. The first kappa shape index (κ1) is 14.6. The van der Waals surface area contributed by atoms with Crippen LogP contribution in [-0.4, -0.2) is 15.9 Å². The molecule has 0 saturated carbocycles. The maximum Gasteiger partial charge on any atom is 0.257 e. The number of anilines is 1. The molecule has 0 unspecified atom stereocenters. The molecule has 3 rings (SSSR count). The van der Waals surface area contributed by atoms with Crippen molar-refractivity contribution in [3.8, 4) is 11.6 Å². The zero-order valence-corrected chi connectivity index (χ0v) is 11.9. The van der Waals surface area contributed by atoms with Gasteiger partial charge in [0, 0.05) is 18.5 Å². The molecule has 6 heteroatoms. The van der Waals surface area contributed by atoms with Crippen molar-refractivity contribution in [3.63, 3.8) is 0 Å². The molecule has 0 aliphatic carbocycles. The second-order valence-corrected chi connectivity index (χ2v) is 4.64. The third-order valence-corrected chi connectivity index (χ3v) is 2.95. The highest BCUT2D eigenvalue weighted by Gasteiger charge is 2.06. The summed E-state index contributed by atoms with van der Waals surface area (Å²) in [5, 5.41) is 2.71. The smallest absolute Gasteiger partial charge is 0.257 e. The van der Waals surface area contributed by atoms with E-state index in [4.69, 9.17) is 4.74 Å². The van der Waals surface area contributed by atoms with Gasteiger partial charge in [-0.2, -0.15) is 0 Å². The average molecular weight is 309 g/mol. The highest BCUT2D eigenvalue weighted by Crippen LogP contribution is 2.20. The number of pyridine rings is 2. The lowest BCUT2D eigenvalue weighted by Gasteiger charge is -2.07. The van der Waals surface area contributed by atoms with Crippen molar-refractivity contribution >= 4 is 11.6 Å². The maximum absolute atomic E-state index is 12.8. The monoisotopic (exact) mass is 309 g/mol. The van der Waals surface area contributed by atoms with Crippen molar-refractivity contribution in [1.82, 2.24) is 9.97 Å². The van der Waals surface area contributed by atoms with Crippen LogP contribution >= 0.6 is 0 Å². The normalized spacial score (nSPS) is 10.1. The molecule has 1 aromatic carbocycles. The zero-order valence-electron chi connectivity index (χ0n) is 11.9. The number of nitrogens with one attached hydrogen (secondary N) is 1. The summed E-state index contributed by atoms with van der Waals surface area (Å²) in [6.45, 7) is 0. The Bertz CT molecular complexity index is 790. The van der Waals surface area contributed by atoms with E-state index in [0.717, 1.165) is 0 Å². The summed E-state index contributed by atoms with van der Waals surface area (Å²) in [7, 11) is 0. The SMILES string of the molecule is O=C(Nc1ccc(Oc2ccc(F)cc2)nc1)c1cccnc1. The van der Waals surface area contributed by atoms with Gasteiger partial charge in [0.05, 0.1) is 17.4 Å². The molecule has 0 saturated heterocycles. The van der Waals surface area contributed by atoms with Crippen molar-refractivity contribution in [3.05, 3.63) is 78.5 Å². The minimum atomic E-state index is -0.334. The van der Waals surface area contributed by atoms with E-state index in [-0.39, 0.29) is 11.7 Å². The summed E-state index contributed by atoms with van der Waals surface area (Å²) in [5.74, 6) is 0.216. The van der Waals surface area contributed by atoms with Crippen LogP contribution in [0.5, 0.6) is 11.6 Å². The summed E-state index contributed by atoms with van der Waals surface area (Å²) in [6, 6.07) is 12.3. The molecule has 2 aromatic heterocycles. The van der Waals surface area contributed by atoms with Crippen molar-refractivity contribution in [2.24, 2.45) is 0 Å². The van der Waals surface area contributed by atoms with E-state index in [1.165, 1.54) is 36.7 Å². The Balaban J connectivity index is 1.65. The first-order valence-corrected chi connectivity index (χ1v) is 6.81. The number of carbonyl (C=O) groups excluding carboxylic acids is 1. The second-order valence-electron chi connectivity index (χ2n) is 4.64. The fourth-order valence-corrected chi connectivity index (χ4v) is 1.84. The Kier molecular flexibility index (Phi) is 4.24. The molecule has 0 aliphatic heterocycles. The van der Waals surface area contributed by atoms with Crippen molar-refractivity contribution < 1.29 is 13.9 Å². The molecule has 0 aliphatic rings. The molecular weight excluding hydrogens is 297 g/mol. The van der Waals surface area contributed by atoms with E-state index in [1.807, 2.05) is 0 Å². The van der Waals surface area contributed by atoms with Gasteiger partial charge >= 0.3 is 0 Å². The van der Waals surface area contributed by atoms with Crippen LogP contribution in [0.1, 0.15) is 10.4 Å². The van der Waals surface area contributed by atoms with Crippen LogP contribution in [0.3, 0.4) is 0 Å². The lowest BCUT2D eigenvalue weighted by atomic mass is 10.2. The van der Waals surface area contributed by atoms with E-state index in [2.05, 4.69) is 15.3 Å². The van der Waals surface area contributed by atoms with E-state index in [0.29, 0.717) is 22.9 Å². The minimum absolute atomic E-state index is 0.271. The van der Waals surface area contributed by atoms with Gasteiger partial charge < -0.3 is 10.1 Å². The van der Waals surface area contributed by atoms with Gasteiger partial charge in [0.1, 0.15) is 11.6 Å². The molecular formula is C17H12FN3O2. The van der Waals surface area contributed by atoms with Crippen LogP contribution in [0.4, 0.5) is 10.1 Å². The Morgan fingerprint density at radius 1 is 1.04 bits per heavy atom. The van der Waals surface area contributed by atoms with Crippen molar-refractivity contribution in [2.45, 2.75) is 0 Å². The third kappa shape index (κ3) is 3.88. The average Bonchev–Trinajstić information content (AvgIpc) is 2.59. The summed E-state index contributed by atoms with van der Waals surface area (Å²) in [5.41, 5.74) is 0.990. The molecule has 3 aromatic rings. The van der Waals surface area contributed by atoms with Crippen LogP contribution < -0.4 is 10.1 Å². The van der Waals surface area contributed by atoms with Crippen LogP contribution in [0.15, 0.2) is 67.1 Å². The molecule has 23 heavy (non-hydrogen) atoms. The Labute approximate surface area is 131 Å². The quantitative estimate of drug-likeness (QED) is 0.799. The lowest BCUT2D eigenvalue weighted by molar-refractivity contribution is 0.102. The molecule has 5 nitrogen and oxygen atoms in total. The Morgan fingerprint density at radius 2 is 1.87 bits per heavy atom. The van der Waals surface area contributed by atoms with Gasteiger partial charge in [-0.25, -0.2) is 9.37 Å². The van der Waals surface area contributed by atoms with E-state index >= 15 is 0 Å². The number of rotatable bonds is 4. The molecule has 0 spiro atoms. The molecule has 0 fully saturated rings. The standard InChI is InChI=1S/C17H12FN3O2/c18-13-3-6-15(7-4-13)23-16-8-5-14(11-20-16)21-17(22)12-2-1-9-19-10-12/h1-11H,(H,21,22). The third-order valence-electron chi connectivity index (χ3n) is 2.95. The highest BCUT2D eigenvalue weighted by atomic mass is 19.1. The number of hydrogen-bond acceptors (Lipinski definition) is 4. The first-order valence-electron chi connectivity index (χ1n) is 6.81. The van der Waals surface area contributed by atoms with Crippen molar-refractivity contribution in [2.75, 3.05) is 5.32 Å². The number of ether oxygens (including phenoxy) is 1. The molecule has 0 atom stereocenters. The Morgan fingerprint density at radius 3 is 2.52 bits per heavy atom. The number of benzene rings is 1. The summed E-state index contributed by atoms with van der Waals surface area (Å²) in [4.78, 5) is 20.0. The summed E-state index contributed by atoms with van der Waals surface area (Å²) >= 11 is 0. The van der Waals surface area contributed by atoms with E-state index in [9.17, 15) is 9.18 Å². The molecule has 1 N–H and O–H groups in total. The van der Waals surface area contributed by atoms with Gasteiger partial charge in [0.2, 0.25) is 5.88 Å². The number of aromatic nitrogens is 2. The minimum Gasteiger partial charge on any atom is -0.439 e. The topological polar surface area (TPSA) is 64.1 Å². The molecule has 0 radical (unpaired) electrons. The van der Waals surface area contributed by atoms with Gasteiger partial charge in [-0.1, -0.05) is 0 Å². The molecule has 1 amide bonds.